The van der Waals surface area contributed by atoms with Crippen LogP contribution in [0.2, 0.25) is 0 Å². The number of hydrogen-bond acceptors (Lipinski definition) is 2. The smallest absolute Gasteiger partial charge is 0.161 e. The van der Waals surface area contributed by atoms with Crippen molar-refractivity contribution in [2.45, 2.75) is 65.8 Å². The van der Waals surface area contributed by atoms with Crippen LogP contribution in [0.15, 0.2) is 18.2 Å². The number of benzene rings is 1. The second-order valence-electron chi connectivity index (χ2n) is 5.79. The highest BCUT2D eigenvalue weighted by atomic mass is 16.1. The Balaban J connectivity index is 3.07. The van der Waals surface area contributed by atoms with Crippen molar-refractivity contribution in [1.82, 2.24) is 0 Å². The monoisotopic (exact) mass is 261 g/mol. The van der Waals surface area contributed by atoms with Gasteiger partial charge in [-0.15, -0.1) is 0 Å². The van der Waals surface area contributed by atoms with E-state index in [-0.39, 0.29) is 11.3 Å². The lowest BCUT2D eigenvalue weighted by Gasteiger charge is -2.32. The van der Waals surface area contributed by atoms with Gasteiger partial charge >= 0.3 is 0 Å². The van der Waals surface area contributed by atoms with Gasteiger partial charge in [-0.25, -0.2) is 0 Å². The molecule has 0 aliphatic heterocycles. The Bertz CT molecular complexity index is 431. The molecule has 0 amide bonds. The number of carbonyl (C=O) groups is 1. The first-order valence-corrected chi connectivity index (χ1v) is 7.31. The molecule has 0 atom stereocenters. The van der Waals surface area contributed by atoms with Crippen LogP contribution >= 0.6 is 0 Å². The summed E-state index contributed by atoms with van der Waals surface area (Å²) in [4.78, 5) is 11.7. The van der Waals surface area contributed by atoms with Gasteiger partial charge in [-0.2, -0.15) is 0 Å². The van der Waals surface area contributed by atoms with E-state index in [1.165, 1.54) is 5.56 Å². The Morgan fingerprint density at radius 3 is 2.26 bits per heavy atom. The zero-order chi connectivity index (χ0) is 14.5. The van der Waals surface area contributed by atoms with Gasteiger partial charge in [0.1, 0.15) is 0 Å². The fraction of sp³-hybridized carbons (Fsp3) is 0.588. The van der Waals surface area contributed by atoms with Gasteiger partial charge in [0, 0.05) is 16.8 Å². The molecule has 0 aromatic heterocycles. The first-order valence-electron chi connectivity index (χ1n) is 7.31. The summed E-state index contributed by atoms with van der Waals surface area (Å²) in [5.41, 5.74) is 3.03. The van der Waals surface area contributed by atoms with Crippen molar-refractivity contribution in [3.05, 3.63) is 29.3 Å². The minimum absolute atomic E-state index is 0.0709. The van der Waals surface area contributed by atoms with E-state index in [1.54, 1.807) is 6.92 Å². The summed E-state index contributed by atoms with van der Waals surface area (Å²) in [6.07, 6.45) is 4.52. The summed E-state index contributed by atoms with van der Waals surface area (Å²) in [7, 11) is 0. The first kappa shape index (κ1) is 15.7. The molecule has 0 aliphatic carbocycles. The van der Waals surface area contributed by atoms with Gasteiger partial charge in [0.25, 0.3) is 0 Å². The third kappa shape index (κ3) is 4.38. The molecule has 1 rings (SSSR count). The summed E-state index contributed by atoms with van der Waals surface area (Å²) >= 11 is 0. The predicted molar refractivity (Wildman–Crippen MR) is 83.0 cm³/mol. The molecule has 0 aliphatic rings. The zero-order valence-electron chi connectivity index (χ0n) is 13.0. The Hall–Kier alpha value is -1.31. The van der Waals surface area contributed by atoms with Crippen molar-refractivity contribution in [3.63, 3.8) is 0 Å². The number of anilines is 1. The Labute approximate surface area is 117 Å². The van der Waals surface area contributed by atoms with Crippen molar-refractivity contribution in [2.75, 3.05) is 5.32 Å². The van der Waals surface area contributed by atoms with E-state index in [0.717, 1.165) is 36.9 Å². The minimum atomic E-state index is 0.0709. The lowest BCUT2D eigenvalue weighted by Crippen LogP contribution is -2.35. The molecule has 1 aromatic carbocycles. The molecule has 2 nitrogen and oxygen atoms in total. The van der Waals surface area contributed by atoms with Crippen LogP contribution in [0.3, 0.4) is 0 Å². The van der Waals surface area contributed by atoms with Crippen LogP contribution in [-0.2, 0) is 0 Å². The van der Waals surface area contributed by atoms with E-state index in [4.69, 9.17) is 0 Å². The highest BCUT2D eigenvalue weighted by Gasteiger charge is 2.23. The fourth-order valence-electron chi connectivity index (χ4n) is 2.75. The predicted octanol–water partition coefficient (Wildman–Crippen LogP) is 4.97. The molecule has 0 saturated carbocycles. The van der Waals surface area contributed by atoms with E-state index < -0.39 is 0 Å². The maximum absolute atomic E-state index is 11.7. The maximum Gasteiger partial charge on any atom is 0.161 e. The van der Waals surface area contributed by atoms with E-state index in [0.29, 0.717) is 0 Å². The van der Waals surface area contributed by atoms with E-state index in [1.807, 2.05) is 12.1 Å². The van der Waals surface area contributed by atoms with Gasteiger partial charge in [-0.1, -0.05) is 32.8 Å². The lowest BCUT2D eigenvalue weighted by molar-refractivity contribution is 0.101. The number of aryl methyl sites for hydroxylation is 1. The molecule has 1 N–H and O–H groups in total. The first-order chi connectivity index (χ1) is 8.91. The summed E-state index contributed by atoms with van der Waals surface area (Å²) in [5.74, 6) is 0.123. The number of nitrogens with one attached hydrogen (secondary N) is 1. The number of hydrogen-bond donors (Lipinski definition) is 1. The topological polar surface area (TPSA) is 29.1 Å². The van der Waals surface area contributed by atoms with Crippen molar-refractivity contribution < 1.29 is 4.79 Å². The Morgan fingerprint density at radius 1 is 1.21 bits per heavy atom. The molecule has 0 fully saturated rings. The van der Waals surface area contributed by atoms with Crippen LogP contribution < -0.4 is 5.32 Å². The van der Waals surface area contributed by atoms with Crippen LogP contribution in [0.25, 0.3) is 0 Å². The van der Waals surface area contributed by atoms with Crippen LogP contribution in [0.4, 0.5) is 5.69 Å². The Kier molecular flexibility index (Phi) is 5.59. The van der Waals surface area contributed by atoms with Crippen LogP contribution in [0.5, 0.6) is 0 Å². The third-order valence-corrected chi connectivity index (χ3v) is 3.59. The molecule has 0 radical (unpaired) electrons. The molecule has 0 unspecified atom stereocenters. The summed E-state index contributed by atoms with van der Waals surface area (Å²) in [6.45, 7) is 10.4. The van der Waals surface area contributed by atoms with Crippen LogP contribution in [-0.4, -0.2) is 11.3 Å². The molecule has 106 valence electrons. The molecule has 2 heteroatoms. The third-order valence-electron chi connectivity index (χ3n) is 3.59. The second kappa shape index (κ2) is 6.74. The van der Waals surface area contributed by atoms with Crippen molar-refractivity contribution >= 4 is 11.5 Å². The quantitative estimate of drug-likeness (QED) is 0.702. The van der Waals surface area contributed by atoms with Gasteiger partial charge in [0.2, 0.25) is 0 Å². The number of ketones is 1. The van der Waals surface area contributed by atoms with Crippen molar-refractivity contribution in [3.8, 4) is 0 Å². The highest BCUT2D eigenvalue weighted by molar-refractivity contribution is 5.99. The SMILES string of the molecule is CCCC(C)(CCC)Nc1cc(C)ccc1C(C)=O. The number of rotatable bonds is 7. The zero-order valence-corrected chi connectivity index (χ0v) is 13.0. The lowest BCUT2D eigenvalue weighted by atomic mass is 9.90. The minimum Gasteiger partial charge on any atom is -0.379 e. The molecule has 0 saturated heterocycles. The summed E-state index contributed by atoms with van der Waals surface area (Å²) in [6, 6.07) is 6.01. The normalized spacial score (nSPS) is 11.4. The van der Waals surface area contributed by atoms with Gasteiger partial charge in [-0.3, -0.25) is 4.79 Å². The number of carbonyl (C=O) groups excluding carboxylic acids is 1. The molecule has 0 bridgehead atoms. The summed E-state index contributed by atoms with van der Waals surface area (Å²) in [5, 5.41) is 3.63. The fourth-order valence-corrected chi connectivity index (χ4v) is 2.75. The largest absolute Gasteiger partial charge is 0.379 e. The molecule has 19 heavy (non-hydrogen) atoms. The van der Waals surface area contributed by atoms with Crippen LogP contribution in [0, 0.1) is 6.92 Å². The number of Topliss-reactive ketones (excluding diaryl/α,β-unsaturated/α-hetero) is 1. The highest BCUT2D eigenvalue weighted by Crippen LogP contribution is 2.28. The van der Waals surface area contributed by atoms with E-state index in [9.17, 15) is 4.79 Å². The van der Waals surface area contributed by atoms with Gasteiger partial charge in [0.05, 0.1) is 0 Å². The van der Waals surface area contributed by atoms with Crippen LogP contribution in [0.1, 0.15) is 69.3 Å². The summed E-state index contributed by atoms with van der Waals surface area (Å²) < 4.78 is 0. The Morgan fingerprint density at radius 2 is 1.79 bits per heavy atom. The standard InChI is InChI=1S/C17H27NO/c1-6-10-17(5,11-7-2)18-16-12-13(3)8-9-15(16)14(4)19/h8-9,12,18H,6-7,10-11H2,1-5H3. The average Bonchev–Trinajstić information content (AvgIpc) is 2.28. The van der Waals surface area contributed by atoms with E-state index >= 15 is 0 Å². The van der Waals surface area contributed by atoms with Crippen molar-refractivity contribution in [2.24, 2.45) is 0 Å². The van der Waals surface area contributed by atoms with Gasteiger partial charge < -0.3 is 5.32 Å². The van der Waals surface area contributed by atoms with Crippen molar-refractivity contribution in [1.29, 1.82) is 0 Å². The second-order valence-corrected chi connectivity index (χ2v) is 5.79. The maximum atomic E-state index is 11.7. The van der Waals surface area contributed by atoms with Gasteiger partial charge in [-0.05, 0) is 51.3 Å². The van der Waals surface area contributed by atoms with E-state index in [2.05, 4.69) is 39.1 Å². The molecule has 0 spiro atoms. The molecular formula is C17H27NO. The molecule has 0 heterocycles. The molecular weight excluding hydrogens is 234 g/mol. The average molecular weight is 261 g/mol. The van der Waals surface area contributed by atoms with Gasteiger partial charge in [0.15, 0.2) is 5.78 Å². The molecule has 1 aromatic rings.